The molecule has 0 unspecified atom stereocenters. The van der Waals surface area contributed by atoms with Crippen LogP contribution < -0.4 is 10.4 Å². The molecule has 0 aliphatic heterocycles. The van der Waals surface area contributed by atoms with Gasteiger partial charge in [-0.3, -0.25) is 4.79 Å². The molecule has 4 heteroatoms. The summed E-state index contributed by atoms with van der Waals surface area (Å²) >= 11 is 0. The number of rotatable bonds is 4. The van der Waals surface area contributed by atoms with E-state index in [1.54, 1.807) is 12.1 Å². The Bertz CT molecular complexity index is 343. The van der Waals surface area contributed by atoms with Crippen LogP contribution in [0.4, 0.5) is 0 Å². The Kier molecular flexibility index (Phi) is 3.28. The molecule has 1 aromatic rings. The lowest BCUT2D eigenvalue weighted by Gasteiger charge is -2.09. The highest BCUT2D eigenvalue weighted by Crippen LogP contribution is 1.93. The molecule has 4 nitrogen and oxygen atoms in total. The summed E-state index contributed by atoms with van der Waals surface area (Å²) in [5.74, 6) is 0. The molecule has 0 aromatic carbocycles. The number of aliphatic hydroxyl groups is 1. The Balaban J connectivity index is 3.00. The van der Waals surface area contributed by atoms with E-state index in [4.69, 9.17) is 9.94 Å². The first-order chi connectivity index (χ1) is 6.29. The Morgan fingerprint density at radius 3 is 3.00 bits per heavy atom. The molecule has 0 bridgehead atoms. The molecule has 13 heavy (non-hydrogen) atoms. The standard InChI is InChI=1S/C9H11NO3/c1-2-6-13-10-8(7-11)4-3-5-9(10)12/h2-5,11H,1,6-7H2. The van der Waals surface area contributed by atoms with Gasteiger partial charge in [-0.05, 0) is 6.07 Å². The zero-order valence-electron chi connectivity index (χ0n) is 7.14. The van der Waals surface area contributed by atoms with E-state index in [1.807, 2.05) is 0 Å². The first-order valence-electron chi connectivity index (χ1n) is 3.85. The maximum atomic E-state index is 11.2. The van der Waals surface area contributed by atoms with E-state index in [0.717, 1.165) is 4.73 Å². The Morgan fingerprint density at radius 2 is 2.38 bits per heavy atom. The molecule has 1 N–H and O–H groups in total. The van der Waals surface area contributed by atoms with Crippen molar-refractivity contribution in [1.29, 1.82) is 0 Å². The van der Waals surface area contributed by atoms with Crippen molar-refractivity contribution in [3.05, 3.63) is 46.9 Å². The van der Waals surface area contributed by atoms with E-state index >= 15 is 0 Å². The largest absolute Gasteiger partial charge is 0.406 e. The number of pyridine rings is 1. The molecule has 1 heterocycles. The number of nitrogens with zero attached hydrogens (tertiary/aromatic N) is 1. The molecule has 70 valence electrons. The number of hydrogen-bond donors (Lipinski definition) is 1. The molecular weight excluding hydrogens is 170 g/mol. The number of aliphatic hydroxyl groups excluding tert-OH is 1. The van der Waals surface area contributed by atoms with Crippen LogP contribution in [0.15, 0.2) is 35.6 Å². The molecule has 0 spiro atoms. The molecular formula is C9H11NO3. The van der Waals surface area contributed by atoms with Crippen molar-refractivity contribution >= 4 is 0 Å². The van der Waals surface area contributed by atoms with E-state index in [2.05, 4.69) is 6.58 Å². The van der Waals surface area contributed by atoms with Crippen LogP contribution in [0, 0.1) is 0 Å². The van der Waals surface area contributed by atoms with E-state index in [9.17, 15) is 4.79 Å². The van der Waals surface area contributed by atoms with E-state index in [1.165, 1.54) is 12.1 Å². The van der Waals surface area contributed by atoms with Gasteiger partial charge in [0.15, 0.2) is 0 Å². The van der Waals surface area contributed by atoms with Crippen LogP contribution in [0.1, 0.15) is 5.69 Å². The van der Waals surface area contributed by atoms with Crippen LogP contribution in [0.25, 0.3) is 0 Å². The van der Waals surface area contributed by atoms with Gasteiger partial charge < -0.3 is 9.94 Å². The molecule has 0 aliphatic rings. The Labute approximate surface area is 75.7 Å². The molecule has 1 rings (SSSR count). The monoisotopic (exact) mass is 181 g/mol. The molecule has 0 radical (unpaired) electrons. The topological polar surface area (TPSA) is 51.5 Å². The van der Waals surface area contributed by atoms with Crippen LogP contribution in [-0.4, -0.2) is 16.4 Å². The second kappa shape index (κ2) is 4.47. The highest BCUT2D eigenvalue weighted by Gasteiger charge is 2.01. The third-order valence-electron chi connectivity index (χ3n) is 1.47. The molecule has 0 amide bonds. The molecule has 0 saturated carbocycles. The summed E-state index contributed by atoms with van der Waals surface area (Å²) in [5.41, 5.74) is 0.128. The first kappa shape index (κ1) is 9.54. The van der Waals surface area contributed by atoms with Crippen molar-refractivity contribution in [3.63, 3.8) is 0 Å². The maximum absolute atomic E-state index is 11.2. The Morgan fingerprint density at radius 1 is 1.62 bits per heavy atom. The smallest absolute Gasteiger partial charge is 0.283 e. The molecule has 0 fully saturated rings. The molecule has 0 atom stereocenters. The summed E-state index contributed by atoms with van der Waals surface area (Å²) in [6.45, 7) is 3.46. The minimum Gasteiger partial charge on any atom is -0.406 e. The second-order valence-corrected chi connectivity index (χ2v) is 2.39. The van der Waals surface area contributed by atoms with Gasteiger partial charge in [-0.15, -0.1) is 4.73 Å². The predicted octanol–water partition coefficient (Wildman–Crippen LogP) is -0.0448. The predicted molar refractivity (Wildman–Crippen MR) is 48.3 cm³/mol. The summed E-state index contributed by atoms with van der Waals surface area (Å²) < 4.78 is 1.06. The fraction of sp³-hybridized carbons (Fsp3) is 0.222. The SMILES string of the molecule is C=CCOn1c(CO)cccc1=O. The fourth-order valence-electron chi connectivity index (χ4n) is 0.909. The van der Waals surface area contributed by atoms with Gasteiger partial charge in [0.05, 0.1) is 12.3 Å². The van der Waals surface area contributed by atoms with Gasteiger partial charge in [0.1, 0.15) is 6.61 Å². The van der Waals surface area contributed by atoms with Crippen molar-refractivity contribution in [2.45, 2.75) is 6.61 Å². The first-order valence-corrected chi connectivity index (χ1v) is 3.85. The lowest BCUT2D eigenvalue weighted by atomic mass is 10.4. The lowest BCUT2D eigenvalue weighted by Crippen LogP contribution is -2.29. The van der Waals surface area contributed by atoms with Gasteiger partial charge >= 0.3 is 0 Å². The van der Waals surface area contributed by atoms with E-state index in [-0.39, 0.29) is 18.8 Å². The van der Waals surface area contributed by atoms with E-state index in [0.29, 0.717) is 5.69 Å². The minimum atomic E-state index is -0.298. The third kappa shape index (κ3) is 2.19. The third-order valence-corrected chi connectivity index (χ3v) is 1.47. The van der Waals surface area contributed by atoms with Gasteiger partial charge in [0.2, 0.25) is 0 Å². The lowest BCUT2D eigenvalue weighted by molar-refractivity contribution is 0.105. The van der Waals surface area contributed by atoms with Crippen molar-refractivity contribution < 1.29 is 9.94 Å². The number of hydrogen-bond acceptors (Lipinski definition) is 3. The summed E-state index contributed by atoms with van der Waals surface area (Å²) in [6.07, 6.45) is 1.53. The Hall–Kier alpha value is -1.55. The number of aromatic nitrogens is 1. The molecule has 1 aromatic heterocycles. The van der Waals surface area contributed by atoms with Crippen LogP contribution in [0.3, 0.4) is 0 Å². The van der Waals surface area contributed by atoms with Crippen LogP contribution in [0.5, 0.6) is 0 Å². The van der Waals surface area contributed by atoms with Crippen LogP contribution >= 0.6 is 0 Å². The summed E-state index contributed by atoms with van der Waals surface area (Å²) in [7, 11) is 0. The minimum absolute atomic E-state index is 0.229. The highest BCUT2D eigenvalue weighted by atomic mass is 16.7. The average molecular weight is 181 g/mol. The zero-order chi connectivity index (χ0) is 9.68. The molecule has 0 aliphatic carbocycles. The van der Waals surface area contributed by atoms with Gasteiger partial charge in [-0.25, -0.2) is 0 Å². The fourth-order valence-corrected chi connectivity index (χ4v) is 0.909. The van der Waals surface area contributed by atoms with Crippen molar-refractivity contribution in [1.82, 2.24) is 4.73 Å². The van der Waals surface area contributed by atoms with Gasteiger partial charge in [0.25, 0.3) is 5.56 Å². The van der Waals surface area contributed by atoms with Gasteiger partial charge in [-0.2, -0.15) is 0 Å². The van der Waals surface area contributed by atoms with Gasteiger partial charge in [-0.1, -0.05) is 18.7 Å². The van der Waals surface area contributed by atoms with Crippen LogP contribution in [0.2, 0.25) is 0 Å². The average Bonchev–Trinajstić information content (AvgIpc) is 2.15. The van der Waals surface area contributed by atoms with E-state index < -0.39 is 0 Å². The van der Waals surface area contributed by atoms with Crippen molar-refractivity contribution in [3.8, 4) is 0 Å². The maximum Gasteiger partial charge on any atom is 0.283 e. The normalized spacial score (nSPS) is 9.62. The summed E-state index contributed by atoms with van der Waals surface area (Å²) in [6, 6.07) is 4.55. The summed E-state index contributed by atoms with van der Waals surface area (Å²) in [4.78, 5) is 16.2. The molecule has 0 saturated heterocycles. The van der Waals surface area contributed by atoms with Gasteiger partial charge in [0, 0.05) is 6.07 Å². The van der Waals surface area contributed by atoms with Crippen molar-refractivity contribution in [2.24, 2.45) is 0 Å². The van der Waals surface area contributed by atoms with Crippen molar-refractivity contribution in [2.75, 3.05) is 6.61 Å². The quantitative estimate of drug-likeness (QED) is 0.663. The zero-order valence-corrected chi connectivity index (χ0v) is 7.14. The van der Waals surface area contributed by atoms with Crippen LogP contribution in [-0.2, 0) is 6.61 Å². The highest BCUT2D eigenvalue weighted by molar-refractivity contribution is 5.04. The second-order valence-electron chi connectivity index (χ2n) is 2.39. The summed E-state index contributed by atoms with van der Waals surface area (Å²) in [5, 5.41) is 8.88.